The number of carbonyl (C=O) groups is 1. The van der Waals surface area contributed by atoms with Gasteiger partial charge in [0.05, 0.1) is 0 Å². The first-order valence-corrected chi connectivity index (χ1v) is 6.52. The molecule has 0 spiro atoms. The number of unbranched alkanes of at least 4 members (excludes halogenated alkanes) is 2. The highest BCUT2D eigenvalue weighted by Crippen LogP contribution is 2.16. The Morgan fingerprint density at radius 1 is 1.25 bits per heavy atom. The summed E-state index contributed by atoms with van der Waals surface area (Å²) in [7, 11) is 0. The molecular weight excluding hydrogens is 202 g/mol. The first kappa shape index (κ1) is 13.3. The van der Waals surface area contributed by atoms with Crippen LogP contribution in [0, 0.1) is 0 Å². The molecule has 1 aliphatic carbocycles. The Labute approximate surface area is 98.3 Å². The number of rotatable bonds is 5. The molecule has 94 valence electrons. The number of carbonyl (C=O) groups excluding carboxylic acids is 1. The normalized spacial score (nSPS) is 25.1. The van der Waals surface area contributed by atoms with Crippen molar-refractivity contribution in [3.8, 4) is 0 Å². The van der Waals surface area contributed by atoms with Gasteiger partial charge in [0.1, 0.15) is 0 Å². The molecule has 1 rings (SSSR count). The quantitative estimate of drug-likeness (QED) is 0.626. The molecule has 1 saturated carbocycles. The molecule has 0 aromatic carbocycles. The van der Waals surface area contributed by atoms with Crippen LogP contribution in [0.5, 0.6) is 0 Å². The van der Waals surface area contributed by atoms with Gasteiger partial charge in [-0.15, -0.1) is 0 Å². The minimum Gasteiger partial charge on any atom is -0.338 e. The van der Waals surface area contributed by atoms with Crippen LogP contribution >= 0.6 is 0 Å². The summed E-state index contributed by atoms with van der Waals surface area (Å²) in [5, 5.41) is 5.91. The fourth-order valence-corrected chi connectivity index (χ4v) is 2.08. The lowest BCUT2D eigenvalue weighted by Crippen LogP contribution is -2.45. The van der Waals surface area contributed by atoms with E-state index in [1.54, 1.807) is 0 Å². The van der Waals surface area contributed by atoms with E-state index < -0.39 is 0 Å². The van der Waals surface area contributed by atoms with Gasteiger partial charge in [0.25, 0.3) is 0 Å². The Morgan fingerprint density at radius 3 is 2.56 bits per heavy atom. The average molecular weight is 227 g/mol. The summed E-state index contributed by atoms with van der Waals surface area (Å²) in [5.74, 6) is 0. The number of hydrogen-bond donors (Lipinski definition) is 3. The fraction of sp³-hybridized carbons (Fsp3) is 0.917. The maximum Gasteiger partial charge on any atom is 0.315 e. The standard InChI is InChI=1S/C12H25N3O/c1-2-3-4-9-14-12(16)15-11-7-5-10(13)6-8-11/h10-11H,2-9,13H2,1H3,(H2,14,15,16). The van der Waals surface area contributed by atoms with Crippen LogP contribution in [0.25, 0.3) is 0 Å². The molecular formula is C12H25N3O. The predicted octanol–water partition coefficient (Wildman–Crippen LogP) is 1.75. The summed E-state index contributed by atoms with van der Waals surface area (Å²) >= 11 is 0. The lowest BCUT2D eigenvalue weighted by Gasteiger charge is -2.26. The highest BCUT2D eigenvalue weighted by atomic mass is 16.2. The van der Waals surface area contributed by atoms with Gasteiger partial charge in [0.2, 0.25) is 0 Å². The lowest BCUT2D eigenvalue weighted by atomic mass is 9.92. The van der Waals surface area contributed by atoms with Crippen LogP contribution in [0.3, 0.4) is 0 Å². The van der Waals surface area contributed by atoms with Crippen molar-refractivity contribution in [1.82, 2.24) is 10.6 Å². The average Bonchev–Trinajstić information content (AvgIpc) is 2.28. The zero-order valence-electron chi connectivity index (χ0n) is 10.3. The van der Waals surface area contributed by atoms with Crippen LogP contribution in [0.4, 0.5) is 4.79 Å². The Kier molecular flexibility index (Phi) is 6.23. The van der Waals surface area contributed by atoms with E-state index in [9.17, 15) is 4.79 Å². The highest BCUT2D eigenvalue weighted by molar-refractivity contribution is 5.74. The van der Waals surface area contributed by atoms with Gasteiger partial charge in [-0.2, -0.15) is 0 Å². The van der Waals surface area contributed by atoms with Gasteiger partial charge in [-0.3, -0.25) is 0 Å². The second-order valence-electron chi connectivity index (χ2n) is 4.72. The summed E-state index contributed by atoms with van der Waals surface area (Å²) in [6.07, 6.45) is 7.52. The van der Waals surface area contributed by atoms with E-state index in [1.165, 1.54) is 12.8 Å². The molecule has 0 unspecified atom stereocenters. The van der Waals surface area contributed by atoms with Crippen LogP contribution in [0.15, 0.2) is 0 Å². The number of hydrogen-bond acceptors (Lipinski definition) is 2. The van der Waals surface area contributed by atoms with Crippen molar-refractivity contribution < 1.29 is 4.79 Å². The molecule has 0 heterocycles. The van der Waals surface area contributed by atoms with Crippen molar-refractivity contribution in [2.75, 3.05) is 6.54 Å². The Morgan fingerprint density at radius 2 is 1.94 bits per heavy atom. The van der Waals surface area contributed by atoms with Crippen LogP contribution in [0.1, 0.15) is 51.9 Å². The molecule has 4 N–H and O–H groups in total. The van der Waals surface area contributed by atoms with Crippen molar-refractivity contribution in [1.29, 1.82) is 0 Å². The third-order valence-corrected chi connectivity index (χ3v) is 3.17. The third-order valence-electron chi connectivity index (χ3n) is 3.17. The summed E-state index contributed by atoms with van der Waals surface area (Å²) in [6.45, 7) is 2.94. The van der Waals surface area contributed by atoms with Crippen LogP contribution in [-0.4, -0.2) is 24.7 Å². The number of nitrogens with two attached hydrogens (primary N) is 1. The molecule has 0 aliphatic heterocycles. The Bertz CT molecular complexity index is 200. The maximum absolute atomic E-state index is 11.5. The topological polar surface area (TPSA) is 67.2 Å². The molecule has 1 aliphatic rings. The molecule has 1 fully saturated rings. The van der Waals surface area contributed by atoms with E-state index in [-0.39, 0.29) is 6.03 Å². The molecule has 0 atom stereocenters. The van der Waals surface area contributed by atoms with Gasteiger partial charge in [0.15, 0.2) is 0 Å². The van der Waals surface area contributed by atoms with Gasteiger partial charge in [-0.25, -0.2) is 4.79 Å². The first-order valence-electron chi connectivity index (χ1n) is 6.52. The monoisotopic (exact) mass is 227 g/mol. The largest absolute Gasteiger partial charge is 0.338 e. The predicted molar refractivity (Wildman–Crippen MR) is 66.3 cm³/mol. The van der Waals surface area contributed by atoms with E-state index in [2.05, 4.69) is 17.6 Å². The Balaban J connectivity index is 2.05. The van der Waals surface area contributed by atoms with Crippen molar-refractivity contribution in [3.05, 3.63) is 0 Å². The molecule has 4 nitrogen and oxygen atoms in total. The SMILES string of the molecule is CCCCCNC(=O)NC1CCC(N)CC1. The van der Waals surface area contributed by atoms with Gasteiger partial charge in [-0.05, 0) is 32.1 Å². The van der Waals surface area contributed by atoms with Crippen molar-refractivity contribution in [2.45, 2.75) is 64.0 Å². The molecule has 16 heavy (non-hydrogen) atoms. The van der Waals surface area contributed by atoms with E-state index >= 15 is 0 Å². The minimum absolute atomic E-state index is 0.0171. The summed E-state index contributed by atoms with van der Waals surface area (Å²) in [4.78, 5) is 11.5. The molecule has 0 saturated heterocycles. The molecule has 0 radical (unpaired) electrons. The Hall–Kier alpha value is -0.770. The second kappa shape index (κ2) is 7.49. The van der Waals surface area contributed by atoms with Crippen LogP contribution in [-0.2, 0) is 0 Å². The number of urea groups is 1. The molecule has 0 bridgehead atoms. The molecule has 2 amide bonds. The van der Waals surface area contributed by atoms with Gasteiger partial charge in [-0.1, -0.05) is 19.8 Å². The second-order valence-corrected chi connectivity index (χ2v) is 4.72. The molecule has 0 aromatic heterocycles. The van der Waals surface area contributed by atoms with Crippen molar-refractivity contribution >= 4 is 6.03 Å². The molecule has 0 aromatic rings. The van der Waals surface area contributed by atoms with E-state index in [4.69, 9.17) is 5.73 Å². The van der Waals surface area contributed by atoms with Crippen molar-refractivity contribution in [3.63, 3.8) is 0 Å². The van der Waals surface area contributed by atoms with E-state index in [0.29, 0.717) is 12.1 Å². The summed E-state index contributed by atoms with van der Waals surface area (Å²) in [5.41, 5.74) is 5.81. The number of amides is 2. The molecule has 4 heteroatoms. The summed E-state index contributed by atoms with van der Waals surface area (Å²) in [6, 6.07) is 0.646. The highest BCUT2D eigenvalue weighted by Gasteiger charge is 2.19. The smallest absolute Gasteiger partial charge is 0.315 e. The first-order chi connectivity index (χ1) is 7.72. The van der Waals surface area contributed by atoms with Crippen molar-refractivity contribution in [2.24, 2.45) is 5.73 Å². The summed E-state index contributed by atoms with van der Waals surface area (Å²) < 4.78 is 0. The minimum atomic E-state index is -0.0171. The van der Waals surface area contributed by atoms with Gasteiger partial charge in [0, 0.05) is 18.6 Å². The van der Waals surface area contributed by atoms with Gasteiger partial charge < -0.3 is 16.4 Å². The van der Waals surface area contributed by atoms with Crippen LogP contribution < -0.4 is 16.4 Å². The third kappa shape index (κ3) is 5.35. The fourth-order valence-electron chi connectivity index (χ4n) is 2.08. The zero-order chi connectivity index (χ0) is 11.8. The van der Waals surface area contributed by atoms with E-state index in [1.807, 2.05) is 0 Å². The van der Waals surface area contributed by atoms with Gasteiger partial charge >= 0.3 is 6.03 Å². The van der Waals surface area contributed by atoms with E-state index in [0.717, 1.165) is 38.6 Å². The van der Waals surface area contributed by atoms with Crippen LogP contribution in [0.2, 0.25) is 0 Å². The number of nitrogens with one attached hydrogen (secondary N) is 2. The zero-order valence-corrected chi connectivity index (χ0v) is 10.3. The lowest BCUT2D eigenvalue weighted by molar-refractivity contribution is 0.231. The maximum atomic E-state index is 11.5.